The van der Waals surface area contributed by atoms with Crippen molar-refractivity contribution in [2.75, 3.05) is 11.4 Å². The molecule has 3 heteroatoms. The number of aliphatic hydroxyl groups is 1. The summed E-state index contributed by atoms with van der Waals surface area (Å²) in [6, 6.07) is 15.3. The Kier molecular flexibility index (Phi) is 3.28. The lowest BCUT2D eigenvalue weighted by atomic mass is 10.1. The van der Waals surface area contributed by atoms with Gasteiger partial charge in [0.05, 0.1) is 0 Å². The fraction of sp³-hybridized carbons (Fsp3) is 0.235. The van der Waals surface area contributed by atoms with Crippen LogP contribution in [0.5, 0.6) is 0 Å². The van der Waals surface area contributed by atoms with Crippen LogP contribution in [0.2, 0.25) is 0 Å². The number of hydrogen-bond acceptors (Lipinski definition) is 2. The molecule has 0 aromatic heterocycles. The maximum absolute atomic E-state index is 12.5. The van der Waals surface area contributed by atoms with E-state index in [2.05, 4.69) is 0 Å². The minimum absolute atomic E-state index is 0.251. The Morgan fingerprint density at radius 1 is 1.15 bits per heavy atom. The lowest BCUT2D eigenvalue weighted by molar-refractivity contribution is -0.126. The van der Waals surface area contributed by atoms with E-state index in [1.807, 2.05) is 43.3 Å². The molecule has 2 aromatic carbocycles. The summed E-state index contributed by atoms with van der Waals surface area (Å²) >= 11 is 0. The van der Waals surface area contributed by atoms with Gasteiger partial charge in [-0.2, -0.15) is 0 Å². The number of aryl methyl sites for hydroxylation is 1. The molecular formula is C17H17NO2. The van der Waals surface area contributed by atoms with Gasteiger partial charge in [0, 0.05) is 12.2 Å². The molecule has 0 spiro atoms. The largest absolute Gasteiger partial charge is 0.378 e. The average molecular weight is 267 g/mol. The molecule has 1 atom stereocenters. The summed E-state index contributed by atoms with van der Waals surface area (Å²) in [6.45, 7) is 2.62. The van der Waals surface area contributed by atoms with Gasteiger partial charge in [-0.25, -0.2) is 0 Å². The first-order valence-electron chi connectivity index (χ1n) is 6.81. The van der Waals surface area contributed by atoms with E-state index in [1.165, 1.54) is 0 Å². The van der Waals surface area contributed by atoms with E-state index in [0.29, 0.717) is 12.1 Å². The first kappa shape index (κ1) is 12.9. The number of hydrogen-bond donors (Lipinski definition) is 1. The molecule has 0 radical (unpaired) electrons. The number of amides is 1. The topological polar surface area (TPSA) is 40.5 Å². The summed E-state index contributed by atoms with van der Waals surface area (Å²) in [4.78, 5) is 14.1. The Bertz CT molecular complexity index is 634. The highest BCUT2D eigenvalue weighted by Gasteiger charge is 2.29. The summed E-state index contributed by atoms with van der Waals surface area (Å²) in [6.07, 6.45) is -0.246. The lowest BCUT2D eigenvalue weighted by Crippen LogP contribution is -2.33. The van der Waals surface area contributed by atoms with E-state index in [1.54, 1.807) is 17.0 Å². The molecule has 0 aliphatic carbocycles. The molecule has 1 amide bonds. The molecular weight excluding hydrogens is 250 g/mol. The number of rotatable bonds is 2. The third-order valence-corrected chi connectivity index (χ3v) is 3.78. The molecule has 3 nitrogen and oxygen atoms in total. The van der Waals surface area contributed by atoms with E-state index in [4.69, 9.17) is 0 Å². The fourth-order valence-corrected chi connectivity index (χ4v) is 2.61. The van der Waals surface area contributed by atoms with Crippen LogP contribution in [0.1, 0.15) is 22.8 Å². The Morgan fingerprint density at radius 3 is 2.60 bits per heavy atom. The highest BCUT2D eigenvalue weighted by atomic mass is 16.3. The van der Waals surface area contributed by atoms with Crippen molar-refractivity contribution in [3.63, 3.8) is 0 Å². The standard InChI is InChI=1S/C17H17NO2/c1-12-6-8-14(9-7-12)16(19)17(20)18-11-10-13-4-2-3-5-15(13)18/h2-9,16,19H,10-11H2,1H3. The summed E-state index contributed by atoms with van der Waals surface area (Å²) < 4.78 is 0. The Morgan fingerprint density at radius 2 is 1.85 bits per heavy atom. The molecule has 1 N–H and O–H groups in total. The molecule has 0 bridgehead atoms. The van der Waals surface area contributed by atoms with Crippen LogP contribution in [0.4, 0.5) is 5.69 Å². The van der Waals surface area contributed by atoms with Gasteiger partial charge in [0.1, 0.15) is 0 Å². The number of fused-ring (bicyclic) bond motifs is 1. The minimum Gasteiger partial charge on any atom is -0.378 e. The number of aliphatic hydroxyl groups excluding tert-OH is 1. The molecule has 2 aromatic rings. The zero-order valence-corrected chi connectivity index (χ0v) is 11.4. The maximum Gasteiger partial charge on any atom is 0.260 e. The van der Waals surface area contributed by atoms with Gasteiger partial charge >= 0.3 is 0 Å². The smallest absolute Gasteiger partial charge is 0.260 e. The van der Waals surface area contributed by atoms with Crippen LogP contribution >= 0.6 is 0 Å². The van der Waals surface area contributed by atoms with E-state index < -0.39 is 6.10 Å². The number of para-hydroxylation sites is 1. The Balaban J connectivity index is 1.85. The van der Waals surface area contributed by atoms with Crippen molar-refractivity contribution in [2.45, 2.75) is 19.4 Å². The summed E-state index contributed by atoms with van der Waals surface area (Å²) in [7, 11) is 0. The van der Waals surface area contributed by atoms with Gasteiger partial charge in [-0.1, -0.05) is 48.0 Å². The molecule has 0 saturated carbocycles. The molecule has 1 heterocycles. The van der Waals surface area contributed by atoms with Gasteiger partial charge in [0.15, 0.2) is 6.10 Å². The normalized spacial score (nSPS) is 15.0. The Hall–Kier alpha value is -2.13. The summed E-state index contributed by atoms with van der Waals surface area (Å²) in [5.74, 6) is -0.251. The summed E-state index contributed by atoms with van der Waals surface area (Å²) in [5, 5.41) is 10.3. The molecule has 3 rings (SSSR count). The lowest BCUT2D eigenvalue weighted by Gasteiger charge is -2.21. The first-order chi connectivity index (χ1) is 9.66. The second-order valence-electron chi connectivity index (χ2n) is 5.18. The quantitative estimate of drug-likeness (QED) is 0.908. The van der Waals surface area contributed by atoms with E-state index in [9.17, 15) is 9.90 Å². The third-order valence-electron chi connectivity index (χ3n) is 3.78. The highest BCUT2D eigenvalue weighted by Crippen LogP contribution is 2.30. The minimum atomic E-state index is -1.10. The van der Waals surface area contributed by atoms with Gasteiger partial charge in [0.2, 0.25) is 0 Å². The van der Waals surface area contributed by atoms with Crippen molar-refractivity contribution in [3.8, 4) is 0 Å². The monoisotopic (exact) mass is 267 g/mol. The fourth-order valence-electron chi connectivity index (χ4n) is 2.61. The number of carbonyl (C=O) groups excluding carboxylic acids is 1. The molecule has 0 saturated heterocycles. The van der Waals surface area contributed by atoms with Crippen LogP contribution in [0, 0.1) is 6.92 Å². The third kappa shape index (κ3) is 2.21. The van der Waals surface area contributed by atoms with E-state index in [0.717, 1.165) is 23.2 Å². The molecule has 0 fully saturated rings. The van der Waals surface area contributed by atoms with Crippen molar-refractivity contribution in [3.05, 3.63) is 65.2 Å². The molecule has 1 aliphatic rings. The van der Waals surface area contributed by atoms with Crippen LogP contribution in [0.15, 0.2) is 48.5 Å². The van der Waals surface area contributed by atoms with Crippen LogP contribution in [0.3, 0.4) is 0 Å². The van der Waals surface area contributed by atoms with Gasteiger partial charge in [0.25, 0.3) is 5.91 Å². The molecule has 1 unspecified atom stereocenters. The van der Waals surface area contributed by atoms with Gasteiger partial charge < -0.3 is 10.0 Å². The first-order valence-corrected chi connectivity index (χ1v) is 6.81. The van der Waals surface area contributed by atoms with E-state index in [-0.39, 0.29) is 5.91 Å². The highest BCUT2D eigenvalue weighted by molar-refractivity contribution is 5.98. The maximum atomic E-state index is 12.5. The number of anilines is 1. The van der Waals surface area contributed by atoms with Crippen molar-refractivity contribution >= 4 is 11.6 Å². The van der Waals surface area contributed by atoms with Crippen LogP contribution in [-0.2, 0) is 11.2 Å². The SMILES string of the molecule is Cc1ccc(C(O)C(=O)N2CCc3ccccc32)cc1. The van der Waals surface area contributed by atoms with Gasteiger partial charge in [-0.15, -0.1) is 0 Å². The number of carbonyl (C=O) groups is 1. The summed E-state index contributed by atoms with van der Waals surface area (Å²) in [5.41, 5.74) is 3.84. The van der Waals surface area contributed by atoms with Crippen LogP contribution in [0.25, 0.3) is 0 Å². The predicted octanol–water partition coefficient (Wildman–Crippen LogP) is 2.62. The van der Waals surface area contributed by atoms with Crippen molar-refractivity contribution in [1.29, 1.82) is 0 Å². The Labute approximate surface area is 118 Å². The second kappa shape index (κ2) is 5.10. The average Bonchev–Trinajstić information content (AvgIpc) is 2.90. The van der Waals surface area contributed by atoms with Gasteiger partial charge in [-0.05, 0) is 30.5 Å². The van der Waals surface area contributed by atoms with Crippen molar-refractivity contribution in [2.24, 2.45) is 0 Å². The van der Waals surface area contributed by atoms with Crippen molar-refractivity contribution < 1.29 is 9.90 Å². The van der Waals surface area contributed by atoms with Crippen LogP contribution < -0.4 is 4.90 Å². The van der Waals surface area contributed by atoms with E-state index >= 15 is 0 Å². The molecule has 20 heavy (non-hydrogen) atoms. The predicted molar refractivity (Wildman–Crippen MR) is 78.6 cm³/mol. The zero-order valence-electron chi connectivity index (χ0n) is 11.4. The van der Waals surface area contributed by atoms with Gasteiger partial charge in [-0.3, -0.25) is 4.79 Å². The number of benzene rings is 2. The van der Waals surface area contributed by atoms with Crippen LogP contribution in [-0.4, -0.2) is 17.6 Å². The molecule has 1 aliphatic heterocycles. The van der Waals surface area contributed by atoms with Crippen molar-refractivity contribution in [1.82, 2.24) is 0 Å². The molecule has 102 valence electrons. The zero-order chi connectivity index (χ0) is 14.1. The second-order valence-corrected chi connectivity index (χ2v) is 5.18. The number of nitrogens with zero attached hydrogens (tertiary/aromatic N) is 1.